The Labute approximate surface area is 115 Å². The van der Waals surface area contributed by atoms with E-state index in [1.165, 1.54) is 42.0 Å². The number of para-hydroxylation sites is 1. The Hall–Kier alpha value is -0.670. The minimum atomic E-state index is 0.505. The van der Waals surface area contributed by atoms with E-state index in [9.17, 15) is 0 Å². The monoisotopic (exact) mass is 264 g/mol. The molecule has 3 heteroatoms. The van der Waals surface area contributed by atoms with Gasteiger partial charge in [0.05, 0.1) is 0 Å². The SMILES string of the molecule is CCSCCC(CN)N1CCCc2ccccc21. The maximum absolute atomic E-state index is 5.99. The Kier molecular flexibility index (Phi) is 5.39. The molecule has 0 spiro atoms. The number of nitrogens with two attached hydrogens (primary N) is 1. The van der Waals surface area contributed by atoms with Crippen LogP contribution in [-0.2, 0) is 6.42 Å². The number of anilines is 1. The number of rotatable bonds is 6. The quantitative estimate of drug-likeness (QED) is 0.801. The van der Waals surface area contributed by atoms with Crippen LogP contribution in [0.2, 0.25) is 0 Å². The molecule has 100 valence electrons. The van der Waals surface area contributed by atoms with Crippen LogP contribution in [0.15, 0.2) is 24.3 Å². The largest absolute Gasteiger partial charge is 0.367 e. The van der Waals surface area contributed by atoms with Gasteiger partial charge in [0.2, 0.25) is 0 Å². The van der Waals surface area contributed by atoms with Crippen LogP contribution in [0.25, 0.3) is 0 Å². The lowest BCUT2D eigenvalue weighted by molar-refractivity contribution is 0.555. The van der Waals surface area contributed by atoms with Gasteiger partial charge in [0.15, 0.2) is 0 Å². The van der Waals surface area contributed by atoms with Crippen LogP contribution in [0.4, 0.5) is 5.69 Å². The van der Waals surface area contributed by atoms with Crippen LogP contribution in [0.3, 0.4) is 0 Å². The van der Waals surface area contributed by atoms with E-state index in [2.05, 4.69) is 36.1 Å². The van der Waals surface area contributed by atoms with E-state index in [4.69, 9.17) is 5.73 Å². The molecule has 2 rings (SSSR count). The number of nitrogens with zero attached hydrogens (tertiary/aromatic N) is 1. The minimum absolute atomic E-state index is 0.505. The third-order valence-corrected chi connectivity index (χ3v) is 4.59. The van der Waals surface area contributed by atoms with Crippen molar-refractivity contribution < 1.29 is 0 Å². The standard InChI is InChI=1S/C15H24N2S/c1-2-18-11-9-14(12-16)17-10-5-7-13-6-3-4-8-15(13)17/h3-4,6,8,14H,2,5,7,9-12,16H2,1H3. The molecule has 0 bridgehead atoms. The minimum Gasteiger partial charge on any atom is -0.367 e. The van der Waals surface area contributed by atoms with Crippen molar-refractivity contribution in [3.05, 3.63) is 29.8 Å². The van der Waals surface area contributed by atoms with Crippen LogP contribution < -0.4 is 10.6 Å². The zero-order chi connectivity index (χ0) is 12.8. The van der Waals surface area contributed by atoms with Crippen molar-refractivity contribution in [1.82, 2.24) is 0 Å². The number of hydrogen-bond acceptors (Lipinski definition) is 3. The number of fused-ring (bicyclic) bond motifs is 1. The Balaban J connectivity index is 2.07. The van der Waals surface area contributed by atoms with Crippen LogP contribution >= 0.6 is 11.8 Å². The average molecular weight is 264 g/mol. The van der Waals surface area contributed by atoms with Crippen molar-refractivity contribution in [2.24, 2.45) is 5.73 Å². The van der Waals surface area contributed by atoms with Gasteiger partial charge < -0.3 is 10.6 Å². The van der Waals surface area contributed by atoms with E-state index in [0.717, 1.165) is 13.1 Å². The molecule has 1 atom stereocenters. The van der Waals surface area contributed by atoms with Crippen molar-refractivity contribution in [3.8, 4) is 0 Å². The van der Waals surface area contributed by atoms with E-state index >= 15 is 0 Å². The lowest BCUT2D eigenvalue weighted by Crippen LogP contribution is -2.44. The molecule has 1 aromatic carbocycles. The molecule has 0 saturated heterocycles. The lowest BCUT2D eigenvalue weighted by Gasteiger charge is -2.37. The number of benzene rings is 1. The Morgan fingerprint density at radius 2 is 2.22 bits per heavy atom. The number of thioether (sulfide) groups is 1. The van der Waals surface area contributed by atoms with Crippen molar-refractivity contribution in [2.45, 2.75) is 32.2 Å². The van der Waals surface area contributed by atoms with Crippen molar-refractivity contribution in [1.29, 1.82) is 0 Å². The van der Waals surface area contributed by atoms with E-state index in [1.807, 2.05) is 11.8 Å². The van der Waals surface area contributed by atoms with Gasteiger partial charge in [-0.1, -0.05) is 25.1 Å². The molecule has 2 nitrogen and oxygen atoms in total. The second-order valence-corrected chi connectivity index (χ2v) is 6.19. The number of hydrogen-bond donors (Lipinski definition) is 1. The summed E-state index contributed by atoms with van der Waals surface area (Å²) >= 11 is 2.01. The molecule has 1 aliphatic rings. The second-order valence-electron chi connectivity index (χ2n) is 4.80. The zero-order valence-corrected chi connectivity index (χ0v) is 12.1. The van der Waals surface area contributed by atoms with Crippen LogP contribution in [0.5, 0.6) is 0 Å². The van der Waals surface area contributed by atoms with Gasteiger partial charge in [-0.2, -0.15) is 11.8 Å². The predicted octanol–water partition coefficient (Wildman–Crippen LogP) is 2.91. The molecule has 1 aliphatic heterocycles. The second kappa shape index (κ2) is 7.05. The van der Waals surface area contributed by atoms with E-state index in [0.29, 0.717) is 6.04 Å². The summed E-state index contributed by atoms with van der Waals surface area (Å²) in [5.41, 5.74) is 8.90. The van der Waals surface area contributed by atoms with E-state index < -0.39 is 0 Å². The molecule has 1 unspecified atom stereocenters. The van der Waals surface area contributed by atoms with Gasteiger partial charge in [0, 0.05) is 24.8 Å². The van der Waals surface area contributed by atoms with Crippen molar-refractivity contribution in [2.75, 3.05) is 29.5 Å². The van der Waals surface area contributed by atoms with Crippen LogP contribution in [0, 0.1) is 0 Å². The zero-order valence-electron chi connectivity index (χ0n) is 11.3. The lowest BCUT2D eigenvalue weighted by atomic mass is 9.99. The first-order chi connectivity index (χ1) is 8.86. The molecule has 0 radical (unpaired) electrons. The first-order valence-electron chi connectivity index (χ1n) is 6.99. The molecule has 18 heavy (non-hydrogen) atoms. The first kappa shape index (κ1) is 13.8. The van der Waals surface area contributed by atoms with E-state index in [-0.39, 0.29) is 0 Å². The third kappa shape index (κ3) is 3.21. The van der Waals surface area contributed by atoms with E-state index in [1.54, 1.807) is 0 Å². The fourth-order valence-corrected chi connectivity index (χ4v) is 3.43. The Bertz CT molecular complexity index is 367. The summed E-state index contributed by atoms with van der Waals surface area (Å²) in [6, 6.07) is 9.31. The fraction of sp³-hybridized carbons (Fsp3) is 0.600. The van der Waals surface area contributed by atoms with Gasteiger partial charge in [-0.15, -0.1) is 0 Å². The summed E-state index contributed by atoms with van der Waals surface area (Å²) < 4.78 is 0. The van der Waals surface area contributed by atoms with Gasteiger partial charge in [0.1, 0.15) is 0 Å². The summed E-state index contributed by atoms with van der Waals surface area (Å²) in [6.07, 6.45) is 3.67. The topological polar surface area (TPSA) is 29.3 Å². The van der Waals surface area contributed by atoms with Crippen LogP contribution in [0.1, 0.15) is 25.3 Å². The molecular formula is C15H24N2S. The Morgan fingerprint density at radius 3 is 3.00 bits per heavy atom. The summed E-state index contributed by atoms with van der Waals surface area (Å²) in [7, 11) is 0. The fourth-order valence-electron chi connectivity index (χ4n) is 2.71. The smallest absolute Gasteiger partial charge is 0.0420 e. The van der Waals surface area contributed by atoms with Gasteiger partial charge in [-0.25, -0.2) is 0 Å². The van der Waals surface area contributed by atoms with Gasteiger partial charge in [-0.3, -0.25) is 0 Å². The summed E-state index contributed by atoms with van der Waals surface area (Å²) in [5.74, 6) is 2.42. The van der Waals surface area contributed by atoms with Gasteiger partial charge in [-0.05, 0) is 42.4 Å². The highest BCUT2D eigenvalue weighted by molar-refractivity contribution is 7.99. The van der Waals surface area contributed by atoms with Crippen LogP contribution in [-0.4, -0.2) is 30.6 Å². The molecule has 1 heterocycles. The summed E-state index contributed by atoms with van der Waals surface area (Å²) in [5, 5.41) is 0. The molecular weight excluding hydrogens is 240 g/mol. The maximum Gasteiger partial charge on any atom is 0.0420 e. The van der Waals surface area contributed by atoms with Gasteiger partial charge >= 0.3 is 0 Å². The third-order valence-electron chi connectivity index (χ3n) is 3.66. The predicted molar refractivity (Wildman–Crippen MR) is 82.6 cm³/mol. The molecule has 2 N–H and O–H groups in total. The van der Waals surface area contributed by atoms with Crippen molar-refractivity contribution >= 4 is 17.4 Å². The highest BCUT2D eigenvalue weighted by Crippen LogP contribution is 2.29. The molecule has 0 aromatic heterocycles. The highest BCUT2D eigenvalue weighted by Gasteiger charge is 2.22. The van der Waals surface area contributed by atoms with Crippen molar-refractivity contribution in [3.63, 3.8) is 0 Å². The molecule has 0 fully saturated rings. The maximum atomic E-state index is 5.99. The number of aryl methyl sites for hydroxylation is 1. The van der Waals surface area contributed by atoms with Gasteiger partial charge in [0.25, 0.3) is 0 Å². The molecule has 0 aliphatic carbocycles. The normalized spacial score (nSPS) is 16.4. The Morgan fingerprint density at radius 1 is 1.39 bits per heavy atom. The highest BCUT2D eigenvalue weighted by atomic mass is 32.2. The summed E-state index contributed by atoms with van der Waals surface area (Å²) in [4.78, 5) is 2.54. The summed E-state index contributed by atoms with van der Waals surface area (Å²) in [6.45, 7) is 4.15. The molecule has 0 saturated carbocycles. The molecule has 1 aromatic rings. The molecule has 0 amide bonds. The average Bonchev–Trinajstić information content (AvgIpc) is 2.43. The first-order valence-corrected chi connectivity index (χ1v) is 8.14.